The van der Waals surface area contributed by atoms with Gasteiger partial charge < -0.3 is 5.32 Å². The number of nitro groups is 1. The first kappa shape index (κ1) is 9.91. The van der Waals surface area contributed by atoms with Crippen LogP contribution in [0.1, 0.15) is 6.42 Å². The van der Waals surface area contributed by atoms with Crippen molar-refractivity contribution in [3.63, 3.8) is 0 Å². The summed E-state index contributed by atoms with van der Waals surface area (Å²) in [6, 6.07) is -0.951. The number of amides is 1. The average molecular weight is 187 g/mol. The molecule has 1 rings (SSSR count). The van der Waals surface area contributed by atoms with Crippen molar-refractivity contribution in [1.82, 2.24) is 10.2 Å². The molecule has 1 saturated heterocycles. The zero-order valence-corrected chi connectivity index (χ0v) is 7.69. The lowest BCUT2D eigenvalue weighted by atomic mass is 10.1. The van der Waals surface area contributed by atoms with E-state index < -0.39 is 6.04 Å². The van der Waals surface area contributed by atoms with E-state index in [-0.39, 0.29) is 16.9 Å². The van der Waals surface area contributed by atoms with Crippen LogP contribution in [0.3, 0.4) is 0 Å². The van der Waals surface area contributed by atoms with Gasteiger partial charge in [0.15, 0.2) is 0 Å². The maximum atomic E-state index is 11.2. The third-order valence-electron chi connectivity index (χ3n) is 2.37. The fourth-order valence-corrected chi connectivity index (χ4v) is 1.60. The summed E-state index contributed by atoms with van der Waals surface area (Å²) in [5.41, 5.74) is 0. The highest BCUT2D eigenvalue weighted by Gasteiger charge is 2.40. The first-order valence-corrected chi connectivity index (χ1v) is 4.11. The van der Waals surface area contributed by atoms with Crippen LogP contribution in [0.4, 0.5) is 0 Å². The van der Waals surface area contributed by atoms with Gasteiger partial charge in [-0.1, -0.05) is 0 Å². The van der Waals surface area contributed by atoms with Crippen LogP contribution >= 0.6 is 0 Å². The number of hydrogen-bond acceptors (Lipinski definition) is 4. The summed E-state index contributed by atoms with van der Waals surface area (Å²) in [4.78, 5) is 23.1. The topological polar surface area (TPSA) is 75.5 Å². The predicted octanol–water partition coefficient (Wildman–Crippen LogP) is -0.918. The molecule has 0 bridgehead atoms. The van der Waals surface area contributed by atoms with Gasteiger partial charge in [0.25, 0.3) is 0 Å². The fourth-order valence-electron chi connectivity index (χ4n) is 1.60. The minimum Gasteiger partial charge on any atom is -0.358 e. The Morgan fingerprint density at radius 1 is 1.69 bits per heavy atom. The van der Waals surface area contributed by atoms with E-state index in [1.165, 1.54) is 7.05 Å². The van der Waals surface area contributed by atoms with E-state index in [0.29, 0.717) is 13.0 Å². The molecule has 0 saturated carbocycles. The Hall–Kier alpha value is -1.17. The molecule has 2 atom stereocenters. The minimum absolute atomic E-state index is 0.146. The van der Waals surface area contributed by atoms with Gasteiger partial charge in [0.1, 0.15) is 0 Å². The third kappa shape index (κ3) is 1.95. The highest BCUT2D eigenvalue weighted by molar-refractivity contribution is 5.81. The molecule has 2 unspecified atom stereocenters. The summed E-state index contributed by atoms with van der Waals surface area (Å²) in [5.74, 6) is -0.146. The van der Waals surface area contributed by atoms with Crippen LogP contribution in [0.2, 0.25) is 0 Å². The maximum Gasteiger partial charge on any atom is 0.237 e. The second kappa shape index (κ2) is 3.69. The van der Waals surface area contributed by atoms with Gasteiger partial charge in [-0.25, -0.2) is 0 Å². The predicted molar refractivity (Wildman–Crippen MR) is 45.9 cm³/mol. The molecule has 0 aliphatic carbocycles. The van der Waals surface area contributed by atoms with Gasteiger partial charge in [-0.2, -0.15) is 0 Å². The second-order valence-electron chi connectivity index (χ2n) is 3.24. The van der Waals surface area contributed by atoms with Crippen molar-refractivity contribution in [2.45, 2.75) is 18.5 Å². The van der Waals surface area contributed by atoms with Crippen LogP contribution in [-0.2, 0) is 4.79 Å². The molecule has 74 valence electrons. The van der Waals surface area contributed by atoms with Gasteiger partial charge in [0.2, 0.25) is 11.9 Å². The number of rotatable bonds is 2. The maximum absolute atomic E-state index is 11.2. The summed E-state index contributed by atoms with van der Waals surface area (Å²) in [6.45, 7) is 0.352. The summed E-state index contributed by atoms with van der Waals surface area (Å²) < 4.78 is 0. The number of nitrogens with zero attached hydrogens (tertiary/aromatic N) is 2. The second-order valence-corrected chi connectivity index (χ2v) is 3.24. The molecule has 0 aromatic rings. The number of likely N-dealkylation sites (N-methyl/N-ethyl adjacent to an activating group) is 2. The zero-order valence-electron chi connectivity index (χ0n) is 7.69. The number of nitrogens with one attached hydrogen (secondary N) is 1. The molecule has 6 heteroatoms. The molecule has 0 spiro atoms. The van der Waals surface area contributed by atoms with Gasteiger partial charge >= 0.3 is 0 Å². The molecular formula is C7H13N3O3. The number of hydrogen-bond donors (Lipinski definition) is 1. The molecule has 1 aliphatic rings. The van der Waals surface area contributed by atoms with Gasteiger partial charge in [0.05, 0.1) is 12.6 Å². The Morgan fingerprint density at radius 2 is 2.31 bits per heavy atom. The molecule has 0 aromatic carbocycles. The van der Waals surface area contributed by atoms with Crippen LogP contribution in [0.5, 0.6) is 0 Å². The number of likely N-dealkylation sites (tertiary alicyclic amines) is 1. The van der Waals surface area contributed by atoms with Crippen molar-refractivity contribution >= 4 is 5.91 Å². The SMILES string of the molecule is CNC(=O)C1CC([N+](=O)[O-])CN1C. The smallest absolute Gasteiger partial charge is 0.237 e. The van der Waals surface area contributed by atoms with E-state index in [2.05, 4.69) is 5.32 Å². The van der Waals surface area contributed by atoms with Gasteiger partial charge in [-0.15, -0.1) is 0 Å². The summed E-state index contributed by atoms with van der Waals surface area (Å²) in [5, 5.41) is 12.9. The summed E-state index contributed by atoms with van der Waals surface area (Å²) >= 11 is 0. The molecule has 1 amide bonds. The molecule has 1 N–H and O–H groups in total. The van der Waals surface area contributed by atoms with Crippen LogP contribution in [0, 0.1) is 10.1 Å². The molecule has 0 aromatic heterocycles. The van der Waals surface area contributed by atoms with Gasteiger partial charge in [-0.3, -0.25) is 19.8 Å². The standard InChI is InChI=1S/C7H13N3O3/c1-8-7(11)6-3-5(10(12)13)4-9(6)2/h5-6H,3-4H2,1-2H3,(H,8,11). The van der Waals surface area contributed by atoms with Crippen LogP contribution in [0.15, 0.2) is 0 Å². The molecule has 0 radical (unpaired) electrons. The van der Waals surface area contributed by atoms with E-state index in [1.54, 1.807) is 11.9 Å². The normalized spacial score (nSPS) is 28.8. The van der Waals surface area contributed by atoms with Crippen LogP contribution in [-0.4, -0.2) is 48.5 Å². The summed E-state index contributed by atoms with van der Waals surface area (Å²) in [6.07, 6.45) is 0.309. The quantitative estimate of drug-likeness (QED) is 0.448. The highest BCUT2D eigenvalue weighted by atomic mass is 16.6. The average Bonchev–Trinajstić information content (AvgIpc) is 2.46. The van der Waals surface area contributed by atoms with E-state index in [9.17, 15) is 14.9 Å². The Morgan fingerprint density at radius 3 is 2.69 bits per heavy atom. The molecule has 13 heavy (non-hydrogen) atoms. The lowest BCUT2D eigenvalue weighted by Gasteiger charge is -2.15. The van der Waals surface area contributed by atoms with E-state index in [1.807, 2.05) is 0 Å². The van der Waals surface area contributed by atoms with Gasteiger partial charge in [-0.05, 0) is 7.05 Å². The molecule has 1 aliphatic heterocycles. The molecule has 6 nitrogen and oxygen atoms in total. The first-order valence-electron chi connectivity index (χ1n) is 4.11. The lowest BCUT2D eigenvalue weighted by Crippen LogP contribution is -2.39. The third-order valence-corrected chi connectivity index (χ3v) is 2.37. The highest BCUT2D eigenvalue weighted by Crippen LogP contribution is 2.17. The summed E-state index contributed by atoms with van der Waals surface area (Å²) in [7, 11) is 3.26. The van der Waals surface area contributed by atoms with Crippen molar-refractivity contribution in [2.75, 3.05) is 20.6 Å². The molecular weight excluding hydrogens is 174 g/mol. The molecule has 1 fully saturated rings. The minimum atomic E-state index is -0.604. The fraction of sp³-hybridized carbons (Fsp3) is 0.857. The monoisotopic (exact) mass is 187 g/mol. The van der Waals surface area contributed by atoms with Gasteiger partial charge in [0, 0.05) is 18.4 Å². The Labute approximate surface area is 76.0 Å². The first-order chi connectivity index (χ1) is 6.06. The van der Waals surface area contributed by atoms with Crippen molar-refractivity contribution in [3.8, 4) is 0 Å². The van der Waals surface area contributed by atoms with Crippen molar-refractivity contribution < 1.29 is 9.72 Å². The largest absolute Gasteiger partial charge is 0.358 e. The van der Waals surface area contributed by atoms with Crippen molar-refractivity contribution in [2.24, 2.45) is 0 Å². The van der Waals surface area contributed by atoms with E-state index in [4.69, 9.17) is 0 Å². The Kier molecular flexibility index (Phi) is 2.82. The van der Waals surface area contributed by atoms with E-state index >= 15 is 0 Å². The number of carbonyl (C=O) groups excluding carboxylic acids is 1. The van der Waals surface area contributed by atoms with Crippen LogP contribution in [0.25, 0.3) is 0 Å². The van der Waals surface area contributed by atoms with Crippen molar-refractivity contribution in [1.29, 1.82) is 0 Å². The Bertz CT molecular complexity index is 231. The zero-order chi connectivity index (χ0) is 10.0. The van der Waals surface area contributed by atoms with Crippen LogP contribution < -0.4 is 5.32 Å². The van der Waals surface area contributed by atoms with E-state index in [0.717, 1.165) is 0 Å². The molecule has 1 heterocycles. The Balaban J connectivity index is 2.61. The van der Waals surface area contributed by atoms with Crippen molar-refractivity contribution in [3.05, 3.63) is 10.1 Å². The number of carbonyl (C=O) groups is 1. The lowest BCUT2D eigenvalue weighted by molar-refractivity contribution is -0.518.